The van der Waals surface area contributed by atoms with Crippen molar-refractivity contribution in [3.63, 3.8) is 0 Å². The lowest BCUT2D eigenvalue weighted by Crippen LogP contribution is -2.36. The Kier molecular flexibility index (Phi) is 20.2. The molecule has 0 aliphatic carbocycles. The molecule has 1 aromatic rings. The molecule has 0 atom stereocenters. The lowest BCUT2D eigenvalue weighted by molar-refractivity contribution is 0.185. The smallest absolute Gasteiger partial charge is 0.294 e. The SMILES string of the molecule is CCCN(CCCS(=O)(=O)O)c1cccc(S(=O)(=O)O)c1.CCN(C(C)C)C(C)C.CCN(C(C)C)C(C)C. The highest BCUT2D eigenvalue weighted by molar-refractivity contribution is 7.86. The van der Waals surface area contributed by atoms with Crippen LogP contribution in [0.3, 0.4) is 0 Å². The fourth-order valence-electron chi connectivity index (χ4n) is 4.57. The fourth-order valence-corrected chi connectivity index (χ4v) is 5.59. The largest absolute Gasteiger partial charge is 0.371 e. The third-order valence-corrected chi connectivity index (χ3v) is 7.84. The van der Waals surface area contributed by atoms with Crippen molar-refractivity contribution in [2.75, 3.05) is 36.8 Å². The second-order valence-corrected chi connectivity index (χ2v) is 13.6. The van der Waals surface area contributed by atoms with E-state index >= 15 is 0 Å². The summed E-state index contributed by atoms with van der Waals surface area (Å²) in [5.74, 6) is -0.356. The van der Waals surface area contributed by atoms with E-state index < -0.39 is 20.2 Å². The molecule has 9 nitrogen and oxygen atoms in total. The lowest BCUT2D eigenvalue weighted by atomic mass is 10.2. The third-order valence-electron chi connectivity index (χ3n) is 6.19. The molecule has 2 N–H and O–H groups in total. The normalized spacial score (nSPS) is 12.2. The van der Waals surface area contributed by atoms with Gasteiger partial charge < -0.3 is 4.90 Å². The zero-order valence-electron chi connectivity index (χ0n) is 26.3. The molecule has 1 rings (SSSR count). The van der Waals surface area contributed by atoms with Gasteiger partial charge in [-0.05, 0) is 99.5 Å². The maximum absolute atomic E-state index is 11.1. The van der Waals surface area contributed by atoms with Crippen molar-refractivity contribution in [2.45, 2.75) is 118 Å². The molecule has 0 aliphatic rings. The van der Waals surface area contributed by atoms with Gasteiger partial charge in [0.05, 0.1) is 10.6 Å². The van der Waals surface area contributed by atoms with Gasteiger partial charge in [-0.1, -0.05) is 26.8 Å². The summed E-state index contributed by atoms with van der Waals surface area (Å²) in [7, 11) is -8.29. The van der Waals surface area contributed by atoms with Crippen LogP contribution in [0, 0.1) is 0 Å². The van der Waals surface area contributed by atoms with Crippen LogP contribution in [0.15, 0.2) is 29.2 Å². The van der Waals surface area contributed by atoms with E-state index in [0.717, 1.165) is 19.5 Å². The zero-order chi connectivity index (χ0) is 31.0. The first-order chi connectivity index (χ1) is 17.8. The highest BCUT2D eigenvalue weighted by atomic mass is 32.2. The molecule has 232 valence electrons. The highest BCUT2D eigenvalue weighted by Crippen LogP contribution is 2.20. The van der Waals surface area contributed by atoms with Gasteiger partial charge in [-0.15, -0.1) is 0 Å². The first kappa shape index (κ1) is 39.9. The number of nitrogens with zero attached hydrogens (tertiary/aromatic N) is 3. The van der Waals surface area contributed by atoms with Crippen LogP contribution in [-0.4, -0.2) is 91.8 Å². The van der Waals surface area contributed by atoms with Crippen LogP contribution >= 0.6 is 0 Å². The summed E-state index contributed by atoms with van der Waals surface area (Å²) in [4.78, 5) is 6.51. The van der Waals surface area contributed by atoms with Crippen molar-refractivity contribution < 1.29 is 25.9 Å². The van der Waals surface area contributed by atoms with Gasteiger partial charge in [-0.25, -0.2) is 0 Å². The van der Waals surface area contributed by atoms with E-state index in [4.69, 9.17) is 9.11 Å². The summed E-state index contributed by atoms with van der Waals surface area (Å²) >= 11 is 0. The number of rotatable bonds is 14. The van der Waals surface area contributed by atoms with Crippen molar-refractivity contribution in [2.24, 2.45) is 0 Å². The maximum Gasteiger partial charge on any atom is 0.294 e. The number of hydrogen-bond donors (Lipinski definition) is 2. The number of benzene rings is 1. The molecule has 0 bridgehead atoms. The molecule has 39 heavy (non-hydrogen) atoms. The van der Waals surface area contributed by atoms with Gasteiger partial charge in [0.25, 0.3) is 20.2 Å². The average Bonchev–Trinajstić information content (AvgIpc) is 2.78. The zero-order valence-corrected chi connectivity index (χ0v) is 27.9. The first-order valence-electron chi connectivity index (χ1n) is 14.1. The molecular formula is C28H57N3O6S2. The molecule has 0 radical (unpaired) electrons. The number of hydrogen-bond acceptors (Lipinski definition) is 7. The molecule has 1 aromatic carbocycles. The molecule has 0 fully saturated rings. The van der Waals surface area contributed by atoms with Gasteiger partial charge in [-0.3, -0.25) is 18.9 Å². The topological polar surface area (TPSA) is 118 Å². The van der Waals surface area contributed by atoms with E-state index in [1.807, 2.05) is 6.92 Å². The maximum atomic E-state index is 11.1. The quantitative estimate of drug-likeness (QED) is 0.262. The Morgan fingerprint density at radius 1 is 0.718 bits per heavy atom. The van der Waals surface area contributed by atoms with Gasteiger partial charge in [-0.2, -0.15) is 16.8 Å². The molecule has 0 saturated heterocycles. The Hall–Kier alpha value is -1.24. The van der Waals surface area contributed by atoms with Gasteiger partial charge in [0.15, 0.2) is 0 Å². The van der Waals surface area contributed by atoms with Crippen molar-refractivity contribution >= 4 is 25.9 Å². The Labute approximate surface area is 240 Å². The van der Waals surface area contributed by atoms with Gasteiger partial charge in [0, 0.05) is 42.9 Å². The van der Waals surface area contributed by atoms with Crippen molar-refractivity contribution in [3.8, 4) is 0 Å². The Morgan fingerprint density at radius 2 is 1.15 bits per heavy atom. The predicted octanol–water partition coefficient (Wildman–Crippen LogP) is 5.68. The second kappa shape index (κ2) is 19.8. The first-order valence-corrected chi connectivity index (χ1v) is 17.2. The third kappa shape index (κ3) is 18.7. The van der Waals surface area contributed by atoms with Crippen LogP contribution in [0.5, 0.6) is 0 Å². The molecular weight excluding hydrogens is 538 g/mol. The van der Waals surface area contributed by atoms with Crippen molar-refractivity contribution in [3.05, 3.63) is 24.3 Å². The average molecular weight is 596 g/mol. The molecule has 0 aliphatic heterocycles. The molecule has 0 unspecified atom stereocenters. The van der Waals surface area contributed by atoms with Crippen LogP contribution in [0.1, 0.15) is 89.0 Å². The summed E-state index contributed by atoms with van der Waals surface area (Å²) in [5, 5.41) is 0. The van der Waals surface area contributed by atoms with E-state index in [9.17, 15) is 16.8 Å². The summed E-state index contributed by atoms with van der Waals surface area (Å²) < 4.78 is 61.5. The highest BCUT2D eigenvalue weighted by Gasteiger charge is 2.14. The lowest BCUT2D eigenvalue weighted by Gasteiger charge is -2.28. The summed E-state index contributed by atoms with van der Waals surface area (Å²) in [6.45, 7) is 27.5. The van der Waals surface area contributed by atoms with Gasteiger partial charge in [0.2, 0.25) is 0 Å². The van der Waals surface area contributed by atoms with E-state index in [0.29, 0.717) is 42.9 Å². The van der Waals surface area contributed by atoms with Crippen molar-refractivity contribution in [1.29, 1.82) is 0 Å². The van der Waals surface area contributed by atoms with Crippen molar-refractivity contribution in [1.82, 2.24) is 9.80 Å². The Balaban J connectivity index is 0. The molecule has 0 spiro atoms. The summed E-state index contributed by atoms with van der Waals surface area (Å²) in [6.07, 6.45) is 0.997. The minimum atomic E-state index is -4.28. The van der Waals surface area contributed by atoms with E-state index in [2.05, 4.69) is 79.0 Å². The molecule has 0 saturated carbocycles. The Morgan fingerprint density at radius 3 is 1.44 bits per heavy atom. The van der Waals surface area contributed by atoms with Crippen LogP contribution in [0.25, 0.3) is 0 Å². The molecule has 11 heteroatoms. The van der Waals surface area contributed by atoms with Crippen LogP contribution in [0.4, 0.5) is 5.69 Å². The second-order valence-electron chi connectivity index (χ2n) is 10.6. The molecule has 0 amide bonds. The van der Waals surface area contributed by atoms with Gasteiger partial charge in [0.1, 0.15) is 0 Å². The van der Waals surface area contributed by atoms with E-state index in [-0.39, 0.29) is 17.1 Å². The fraction of sp³-hybridized carbons (Fsp3) is 0.786. The van der Waals surface area contributed by atoms with Crippen LogP contribution in [-0.2, 0) is 20.2 Å². The van der Waals surface area contributed by atoms with Crippen LogP contribution < -0.4 is 4.90 Å². The molecule has 0 aromatic heterocycles. The predicted molar refractivity (Wildman–Crippen MR) is 165 cm³/mol. The standard InChI is InChI=1S/C12H19NO6S2.2C8H19N/c1-2-7-13(8-4-9-20(14,15)16)11-5-3-6-12(10-11)21(17,18)19;2*1-6-9(7(2)3)8(4)5/h3,5-6,10H,2,4,7-9H2,1H3,(H,14,15,16)(H,17,18,19);2*7-8H,6H2,1-5H3. The van der Waals surface area contributed by atoms with E-state index in [1.54, 1.807) is 11.0 Å². The Bertz CT molecular complexity index is 945. The minimum absolute atomic E-state index is 0.212. The van der Waals surface area contributed by atoms with Gasteiger partial charge >= 0.3 is 0 Å². The molecule has 0 heterocycles. The monoisotopic (exact) mass is 595 g/mol. The summed E-state index contributed by atoms with van der Waals surface area (Å²) in [6, 6.07) is 8.55. The minimum Gasteiger partial charge on any atom is -0.371 e. The van der Waals surface area contributed by atoms with E-state index in [1.165, 1.54) is 18.2 Å². The number of anilines is 1. The van der Waals surface area contributed by atoms with Crippen LogP contribution in [0.2, 0.25) is 0 Å². The summed E-state index contributed by atoms with van der Waals surface area (Å²) in [5.41, 5.74) is 0.572.